The van der Waals surface area contributed by atoms with E-state index in [1.807, 2.05) is 6.20 Å². The molecule has 0 bridgehead atoms. The quantitative estimate of drug-likeness (QED) is 0.595. The van der Waals surface area contributed by atoms with Crippen LogP contribution in [0.5, 0.6) is 0 Å². The SMILES string of the molecule is CCOC(=O)C[n+]1cc(CC)sc1N. The van der Waals surface area contributed by atoms with Gasteiger partial charge in [0.2, 0.25) is 0 Å². The van der Waals surface area contributed by atoms with E-state index in [2.05, 4.69) is 6.92 Å². The van der Waals surface area contributed by atoms with Crippen LogP contribution in [0.25, 0.3) is 0 Å². The number of aromatic nitrogens is 1. The fourth-order valence-corrected chi connectivity index (χ4v) is 1.92. The number of nitrogens with zero attached hydrogens (tertiary/aromatic N) is 1. The smallest absolute Gasteiger partial charge is 0.348 e. The lowest BCUT2D eigenvalue weighted by Crippen LogP contribution is -2.39. The Morgan fingerprint density at radius 3 is 2.86 bits per heavy atom. The van der Waals surface area contributed by atoms with Crippen molar-refractivity contribution >= 4 is 22.4 Å². The molecule has 2 N–H and O–H groups in total. The van der Waals surface area contributed by atoms with Crippen LogP contribution in [0.4, 0.5) is 5.13 Å². The number of hydrogen-bond donors (Lipinski definition) is 1. The van der Waals surface area contributed by atoms with E-state index in [1.165, 1.54) is 16.2 Å². The monoisotopic (exact) mass is 215 g/mol. The Labute approximate surface area is 87.3 Å². The van der Waals surface area contributed by atoms with E-state index in [9.17, 15) is 4.79 Å². The van der Waals surface area contributed by atoms with Crippen molar-refractivity contribution in [2.75, 3.05) is 12.3 Å². The number of aryl methyl sites for hydroxylation is 1. The van der Waals surface area contributed by atoms with Crippen molar-refractivity contribution in [3.63, 3.8) is 0 Å². The highest BCUT2D eigenvalue weighted by atomic mass is 32.1. The molecule has 0 aliphatic rings. The summed E-state index contributed by atoms with van der Waals surface area (Å²) in [7, 11) is 0. The highest BCUT2D eigenvalue weighted by Gasteiger charge is 2.14. The first-order chi connectivity index (χ1) is 6.67. The van der Waals surface area contributed by atoms with E-state index in [0.29, 0.717) is 11.7 Å². The molecule has 0 spiro atoms. The maximum Gasteiger partial charge on any atom is 0.348 e. The minimum absolute atomic E-state index is 0.205. The Morgan fingerprint density at radius 2 is 2.36 bits per heavy atom. The zero-order valence-corrected chi connectivity index (χ0v) is 9.26. The molecule has 5 heteroatoms. The van der Waals surface area contributed by atoms with E-state index in [1.54, 1.807) is 11.5 Å². The standard InChI is InChI=1S/C9H14N2O2S/c1-3-7-5-11(9(10)14-7)6-8(12)13-4-2/h5,10H,3-4,6H2,1-2H3/p+1. The average Bonchev–Trinajstić information content (AvgIpc) is 2.48. The molecule has 0 saturated heterocycles. The lowest BCUT2D eigenvalue weighted by Gasteiger charge is -1.98. The van der Waals surface area contributed by atoms with Crippen molar-refractivity contribution in [1.82, 2.24) is 0 Å². The number of carbonyl (C=O) groups excluding carboxylic acids is 1. The Bertz CT molecular complexity index is 323. The van der Waals surface area contributed by atoms with Crippen molar-refractivity contribution in [2.24, 2.45) is 0 Å². The molecular formula is C9H15N2O2S+. The third-order valence-corrected chi connectivity index (χ3v) is 2.87. The summed E-state index contributed by atoms with van der Waals surface area (Å²) in [5.74, 6) is -0.246. The van der Waals surface area contributed by atoms with E-state index < -0.39 is 0 Å². The van der Waals surface area contributed by atoms with E-state index in [4.69, 9.17) is 10.5 Å². The molecule has 1 heterocycles. The number of hydrogen-bond acceptors (Lipinski definition) is 4. The van der Waals surface area contributed by atoms with Gasteiger partial charge in [0.05, 0.1) is 11.5 Å². The van der Waals surface area contributed by atoms with E-state index >= 15 is 0 Å². The van der Waals surface area contributed by atoms with Gasteiger partial charge in [-0.1, -0.05) is 18.3 Å². The molecule has 1 rings (SSSR count). The predicted octanol–water partition coefficient (Wildman–Crippen LogP) is 0.743. The lowest BCUT2D eigenvalue weighted by atomic mass is 10.4. The summed E-state index contributed by atoms with van der Waals surface area (Å²) in [4.78, 5) is 12.3. The third kappa shape index (κ3) is 2.70. The first kappa shape index (κ1) is 11.0. The third-order valence-electron chi connectivity index (χ3n) is 1.77. The predicted molar refractivity (Wildman–Crippen MR) is 54.9 cm³/mol. The van der Waals surface area contributed by atoms with Crippen LogP contribution in [0.1, 0.15) is 18.7 Å². The molecule has 0 aromatic carbocycles. The summed E-state index contributed by atoms with van der Waals surface area (Å²) < 4.78 is 6.56. The van der Waals surface area contributed by atoms with E-state index in [-0.39, 0.29) is 12.5 Å². The Kier molecular flexibility index (Phi) is 3.88. The number of thiazole rings is 1. The number of rotatable bonds is 4. The first-order valence-electron chi connectivity index (χ1n) is 4.60. The van der Waals surface area contributed by atoms with Crippen LogP contribution >= 0.6 is 11.3 Å². The molecule has 0 saturated carbocycles. The minimum Gasteiger partial charge on any atom is -0.463 e. The Morgan fingerprint density at radius 1 is 1.64 bits per heavy atom. The number of carbonyl (C=O) groups is 1. The Hall–Kier alpha value is -1.10. The largest absolute Gasteiger partial charge is 0.463 e. The number of nitrogen functional groups attached to an aromatic ring is 1. The molecule has 0 aliphatic heterocycles. The van der Waals surface area contributed by atoms with Crippen molar-refractivity contribution < 1.29 is 14.1 Å². The van der Waals surface area contributed by atoms with Crippen LogP contribution in [0.2, 0.25) is 0 Å². The number of ether oxygens (including phenoxy) is 1. The van der Waals surface area contributed by atoms with Crippen LogP contribution in [-0.2, 0) is 22.5 Å². The van der Waals surface area contributed by atoms with Gasteiger partial charge in [-0.15, -0.1) is 0 Å². The number of anilines is 1. The van der Waals surface area contributed by atoms with Crippen molar-refractivity contribution in [2.45, 2.75) is 26.8 Å². The topological polar surface area (TPSA) is 56.2 Å². The number of nitrogens with two attached hydrogens (primary N) is 1. The second kappa shape index (κ2) is 4.95. The van der Waals surface area contributed by atoms with Gasteiger partial charge in [-0.25, -0.2) is 9.36 Å². The molecule has 1 aromatic heterocycles. The Balaban J connectivity index is 2.66. The maximum absolute atomic E-state index is 11.2. The maximum atomic E-state index is 11.2. The molecule has 4 nitrogen and oxygen atoms in total. The molecule has 0 atom stereocenters. The highest BCUT2D eigenvalue weighted by Crippen LogP contribution is 2.12. The first-order valence-corrected chi connectivity index (χ1v) is 5.42. The van der Waals surface area contributed by atoms with Gasteiger partial charge in [0, 0.05) is 0 Å². The van der Waals surface area contributed by atoms with Gasteiger partial charge in [-0.2, -0.15) is 0 Å². The zero-order chi connectivity index (χ0) is 10.6. The lowest BCUT2D eigenvalue weighted by molar-refractivity contribution is -0.667. The van der Waals surface area contributed by atoms with Crippen LogP contribution in [-0.4, -0.2) is 12.6 Å². The highest BCUT2D eigenvalue weighted by molar-refractivity contribution is 7.14. The van der Waals surface area contributed by atoms with Gasteiger partial charge in [0.25, 0.3) is 0 Å². The van der Waals surface area contributed by atoms with Gasteiger partial charge >= 0.3 is 11.1 Å². The van der Waals surface area contributed by atoms with Gasteiger partial charge in [0.15, 0.2) is 6.54 Å². The van der Waals surface area contributed by atoms with Crippen LogP contribution in [0.15, 0.2) is 6.20 Å². The van der Waals surface area contributed by atoms with Crippen molar-refractivity contribution in [3.05, 3.63) is 11.1 Å². The van der Waals surface area contributed by atoms with Gasteiger partial charge in [0.1, 0.15) is 6.20 Å². The molecular weight excluding hydrogens is 200 g/mol. The molecule has 14 heavy (non-hydrogen) atoms. The van der Waals surface area contributed by atoms with Gasteiger partial charge in [-0.05, 0) is 13.3 Å². The molecule has 0 unspecified atom stereocenters. The summed E-state index contributed by atoms with van der Waals surface area (Å²) in [6, 6.07) is 0. The second-order valence-corrected chi connectivity index (χ2v) is 3.97. The zero-order valence-electron chi connectivity index (χ0n) is 8.45. The molecule has 78 valence electrons. The van der Waals surface area contributed by atoms with E-state index in [0.717, 1.165) is 6.42 Å². The van der Waals surface area contributed by atoms with Gasteiger partial charge < -0.3 is 4.74 Å². The minimum atomic E-state index is -0.246. The summed E-state index contributed by atoms with van der Waals surface area (Å²) in [5.41, 5.74) is 5.74. The van der Waals surface area contributed by atoms with Gasteiger partial charge in [-0.3, -0.25) is 5.73 Å². The fraction of sp³-hybridized carbons (Fsp3) is 0.556. The fourth-order valence-electron chi connectivity index (χ4n) is 1.09. The summed E-state index contributed by atoms with van der Waals surface area (Å²) in [6.45, 7) is 4.46. The molecule has 0 amide bonds. The number of esters is 1. The molecule has 1 aromatic rings. The van der Waals surface area contributed by atoms with Crippen molar-refractivity contribution in [1.29, 1.82) is 0 Å². The van der Waals surface area contributed by atoms with Crippen LogP contribution in [0, 0.1) is 0 Å². The average molecular weight is 215 g/mol. The molecule has 0 fully saturated rings. The van der Waals surface area contributed by atoms with Crippen molar-refractivity contribution in [3.8, 4) is 0 Å². The molecule has 0 radical (unpaired) electrons. The summed E-state index contributed by atoms with van der Waals surface area (Å²) in [5, 5.41) is 0.648. The molecule has 0 aliphatic carbocycles. The summed E-state index contributed by atoms with van der Waals surface area (Å²) >= 11 is 1.51. The normalized spacial score (nSPS) is 10.1. The second-order valence-electron chi connectivity index (χ2n) is 2.82. The summed E-state index contributed by atoms with van der Waals surface area (Å²) in [6.07, 6.45) is 2.83. The van der Waals surface area contributed by atoms with Crippen LogP contribution < -0.4 is 10.3 Å². The van der Waals surface area contributed by atoms with Crippen LogP contribution in [0.3, 0.4) is 0 Å².